The SMILES string of the molecule is CCCC(c1ccc(Cl)c(Cl)c1)c1ccccc1C. The van der Waals surface area contributed by atoms with E-state index in [0.717, 1.165) is 12.8 Å². The minimum absolute atomic E-state index is 0.390. The maximum Gasteiger partial charge on any atom is 0.0595 e. The van der Waals surface area contributed by atoms with Crippen molar-refractivity contribution in [3.05, 3.63) is 69.2 Å². The van der Waals surface area contributed by atoms with Crippen molar-refractivity contribution in [3.63, 3.8) is 0 Å². The zero-order valence-corrected chi connectivity index (χ0v) is 12.8. The molecule has 2 aromatic carbocycles. The largest absolute Gasteiger partial charge is 0.0827 e. The molecular weight excluding hydrogens is 275 g/mol. The van der Waals surface area contributed by atoms with Gasteiger partial charge in [0.25, 0.3) is 0 Å². The highest BCUT2D eigenvalue weighted by Gasteiger charge is 2.16. The van der Waals surface area contributed by atoms with Crippen LogP contribution in [-0.4, -0.2) is 0 Å². The average molecular weight is 293 g/mol. The lowest BCUT2D eigenvalue weighted by Gasteiger charge is -2.20. The van der Waals surface area contributed by atoms with Crippen molar-refractivity contribution in [1.82, 2.24) is 0 Å². The molecule has 0 aliphatic heterocycles. The third-order valence-electron chi connectivity index (χ3n) is 3.49. The molecule has 2 aromatic rings. The molecule has 2 rings (SSSR count). The first kappa shape index (κ1) is 14.4. The van der Waals surface area contributed by atoms with Crippen LogP contribution in [0.5, 0.6) is 0 Å². The van der Waals surface area contributed by atoms with Crippen molar-refractivity contribution in [2.45, 2.75) is 32.6 Å². The van der Waals surface area contributed by atoms with Gasteiger partial charge in [-0.1, -0.05) is 66.9 Å². The second-order valence-electron chi connectivity index (χ2n) is 4.87. The van der Waals surface area contributed by atoms with Crippen LogP contribution in [0.2, 0.25) is 10.0 Å². The van der Waals surface area contributed by atoms with E-state index in [1.54, 1.807) is 0 Å². The predicted octanol–water partition coefficient (Wildman–Crippen LogP) is 6.23. The van der Waals surface area contributed by atoms with Gasteiger partial charge in [-0.25, -0.2) is 0 Å². The van der Waals surface area contributed by atoms with E-state index in [4.69, 9.17) is 23.2 Å². The summed E-state index contributed by atoms with van der Waals surface area (Å²) in [6.07, 6.45) is 2.25. The van der Waals surface area contributed by atoms with Gasteiger partial charge in [0.15, 0.2) is 0 Å². The molecule has 0 saturated carbocycles. The summed E-state index contributed by atoms with van der Waals surface area (Å²) in [7, 11) is 0. The Hall–Kier alpha value is -0.980. The molecule has 0 N–H and O–H groups in total. The molecule has 100 valence electrons. The van der Waals surface area contributed by atoms with E-state index in [0.29, 0.717) is 16.0 Å². The second kappa shape index (κ2) is 6.45. The maximum absolute atomic E-state index is 6.15. The minimum Gasteiger partial charge on any atom is -0.0827 e. The lowest BCUT2D eigenvalue weighted by molar-refractivity contribution is 0.695. The molecule has 0 bridgehead atoms. The van der Waals surface area contributed by atoms with Gasteiger partial charge in [0.1, 0.15) is 0 Å². The third kappa shape index (κ3) is 3.32. The molecule has 0 heterocycles. The first-order valence-electron chi connectivity index (χ1n) is 6.64. The topological polar surface area (TPSA) is 0 Å². The lowest BCUT2D eigenvalue weighted by Crippen LogP contribution is -2.03. The summed E-state index contributed by atoms with van der Waals surface area (Å²) in [5.41, 5.74) is 3.94. The first-order valence-corrected chi connectivity index (χ1v) is 7.39. The van der Waals surface area contributed by atoms with Crippen LogP contribution in [0.25, 0.3) is 0 Å². The predicted molar refractivity (Wildman–Crippen MR) is 84.4 cm³/mol. The van der Waals surface area contributed by atoms with Crippen molar-refractivity contribution >= 4 is 23.2 Å². The van der Waals surface area contributed by atoms with E-state index in [1.165, 1.54) is 16.7 Å². The van der Waals surface area contributed by atoms with Crippen LogP contribution in [0.4, 0.5) is 0 Å². The molecule has 0 nitrogen and oxygen atoms in total. The van der Waals surface area contributed by atoms with Crippen LogP contribution in [0, 0.1) is 6.92 Å². The molecule has 0 saturated heterocycles. The van der Waals surface area contributed by atoms with Crippen LogP contribution < -0.4 is 0 Å². The van der Waals surface area contributed by atoms with Crippen molar-refractivity contribution in [2.24, 2.45) is 0 Å². The van der Waals surface area contributed by atoms with E-state index < -0.39 is 0 Å². The Morgan fingerprint density at radius 3 is 2.37 bits per heavy atom. The maximum atomic E-state index is 6.15. The van der Waals surface area contributed by atoms with Gasteiger partial charge in [0.2, 0.25) is 0 Å². The Morgan fingerprint density at radius 1 is 1.00 bits per heavy atom. The molecule has 0 amide bonds. The Kier molecular flexibility index (Phi) is 4.90. The summed E-state index contributed by atoms with van der Waals surface area (Å²) in [4.78, 5) is 0. The van der Waals surface area contributed by atoms with Gasteiger partial charge >= 0.3 is 0 Å². The molecule has 0 radical (unpaired) electrons. The van der Waals surface area contributed by atoms with Crippen LogP contribution in [0.15, 0.2) is 42.5 Å². The van der Waals surface area contributed by atoms with Crippen molar-refractivity contribution in [1.29, 1.82) is 0 Å². The summed E-state index contributed by atoms with van der Waals surface area (Å²) in [6.45, 7) is 4.37. The molecule has 0 spiro atoms. The molecule has 19 heavy (non-hydrogen) atoms. The molecule has 2 heteroatoms. The fraction of sp³-hybridized carbons (Fsp3) is 0.294. The molecule has 1 unspecified atom stereocenters. The Morgan fingerprint density at radius 2 is 1.74 bits per heavy atom. The highest BCUT2D eigenvalue weighted by Crippen LogP contribution is 2.34. The molecular formula is C17H18Cl2. The molecule has 0 fully saturated rings. The lowest BCUT2D eigenvalue weighted by atomic mass is 9.85. The van der Waals surface area contributed by atoms with Crippen LogP contribution in [0.1, 0.15) is 42.4 Å². The van der Waals surface area contributed by atoms with Crippen molar-refractivity contribution in [2.75, 3.05) is 0 Å². The highest BCUT2D eigenvalue weighted by molar-refractivity contribution is 6.42. The highest BCUT2D eigenvalue weighted by atomic mass is 35.5. The zero-order chi connectivity index (χ0) is 13.8. The van der Waals surface area contributed by atoms with E-state index in [1.807, 2.05) is 12.1 Å². The van der Waals surface area contributed by atoms with Gasteiger partial charge in [0, 0.05) is 5.92 Å². The zero-order valence-electron chi connectivity index (χ0n) is 11.3. The smallest absolute Gasteiger partial charge is 0.0595 e. The van der Waals surface area contributed by atoms with Crippen LogP contribution in [-0.2, 0) is 0 Å². The van der Waals surface area contributed by atoms with E-state index in [2.05, 4.69) is 44.2 Å². The number of halogens is 2. The molecule has 0 aliphatic carbocycles. The summed E-state index contributed by atoms with van der Waals surface area (Å²) < 4.78 is 0. The number of rotatable bonds is 4. The van der Waals surface area contributed by atoms with Crippen molar-refractivity contribution in [3.8, 4) is 0 Å². The second-order valence-corrected chi connectivity index (χ2v) is 5.69. The summed E-state index contributed by atoms with van der Waals surface area (Å²) >= 11 is 12.2. The quantitative estimate of drug-likeness (QED) is 0.626. The summed E-state index contributed by atoms with van der Waals surface area (Å²) in [6, 6.07) is 14.5. The summed E-state index contributed by atoms with van der Waals surface area (Å²) in [5, 5.41) is 1.25. The van der Waals surface area contributed by atoms with Crippen LogP contribution >= 0.6 is 23.2 Å². The minimum atomic E-state index is 0.390. The fourth-order valence-electron chi connectivity index (χ4n) is 2.50. The van der Waals surface area contributed by atoms with E-state index in [9.17, 15) is 0 Å². The Labute approximate surface area is 125 Å². The average Bonchev–Trinajstić information content (AvgIpc) is 2.40. The fourth-order valence-corrected chi connectivity index (χ4v) is 2.80. The number of hydrogen-bond acceptors (Lipinski definition) is 0. The van der Waals surface area contributed by atoms with Gasteiger partial charge in [-0.05, 0) is 42.2 Å². The number of benzene rings is 2. The standard InChI is InChI=1S/C17H18Cl2/c1-3-6-15(14-8-5-4-7-12(14)2)13-9-10-16(18)17(19)11-13/h4-5,7-11,15H,3,6H2,1-2H3. The van der Waals surface area contributed by atoms with Gasteiger partial charge in [-0.15, -0.1) is 0 Å². The van der Waals surface area contributed by atoms with Gasteiger partial charge in [0.05, 0.1) is 10.0 Å². The van der Waals surface area contributed by atoms with E-state index in [-0.39, 0.29) is 0 Å². The van der Waals surface area contributed by atoms with E-state index >= 15 is 0 Å². The number of aryl methyl sites for hydroxylation is 1. The Bertz CT molecular complexity index is 561. The first-order chi connectivity index (χ1) is 9.13. The van der Waals surface area contributed by atoms with Gasteiger partial charge in [-0.2, -0.15) is 0 Å². The monoisotopic (exact) mass is 292 g/mol. The van der Waals surface area contributed by atoms with Gasteiger partial charge < -0.3 is 0 Å². The van der Waals surface area contributed by atoms with Crippen molar-refractivity contribution < 1.29 is 0 Å². The molecule has 0 aliphatic rings. The van der Waals surface area contributed by atoms with Crippen LogP contribution in [0.3, 0.4) is 0 Å². The normalized spacial score (nSPS) is 12.4. The molecule has 0 aromatic heterocycles. The summed E-state index contributed by atoms with van der Waals surface area (Å²) in [5.74, 6) is 0.390. The third-order valence-corrected chi connectivity index (χ3v) is 4.23. The van der Waals surface area contributed by atoms with Gasteiger partial charge in [-0.3, -0.25) is 0 Å². The molecule has 1 atom stereocenters. The number of hydrogen-bond donors (Lipinski definition) is 0. The Balaban J connectivity index is 2.45.